The van der Waals surface area contributed by atoms with E-state index in [1.807, 2.05) is 13.8 Å². The molecule has 9 heteroatoms. The first kappa shape index (κ1) is 21.2. The average Bonchev–Trinajstić information content (AvgIpc) is 2.73. The molecule has 2 atom stereocenters. The molecule has 2 aromatic carbocycles. The fourth-order valence-electron chi connectivity index (χ4n) is 3.59. The number of morpholine rings is 1. The zero-order chi connectivity index (χ0) is 22.2. The highest BCUT2D eigenvalue weighted by Gasteiger charge is 2.32. The van der Waals surface area contributed by atoms with Gasteiger partial charge in [-0.05, 0) is 50.2 Å². The molecule has 2 heterocycles. The molecule has 1 aliphatic rings. The number of benzene rings is 2. The molecule has 8 nitrogen and oxygen atoms in total. The van der Waals surface area contributed by atoms with Crippen molar-refractivity contribution >= 4 is 32.6 Å². The average molecular weight is 442 g/mol. The van der Waals surface area contributed by atoms with Gasteiger partial charge in [0.1, 0.15) is 5.58 Å². The van der Waals surface area contributed by atoms with Crippen LogP contribution in [0.1, 0.15) is 24.4 Å². The van der Waals surface area contributed by atoms with E-state index in [1.54, 1.807) is 24.3 Å². The topological polar surface area (TPSA) is 106 Å². The molecule has 1 aromatic heterocycles. The number of anilines is 1. The van der Waals surface area contributed by atoms with Gasteiger partial charge < -0.3 is 14.5 Å². The zero-order valence-electron chi connectivity index (χ0n) is 17.1. The number of carbonyl (C=O) groups excluding carboxylic acids is 1. The molecular weight excluding hydrogens is 420 g/mol. The quantitative estimate of drug-likeness (QED) is 0.666. The van der Waals surface area contributed by atoms with Crippen LogP contribution in [0.2, 0.25) is 0 Å². The molecule has 1 saturated heterocycles. The molecule has 162 valence electrons. The number of para-hydroxylation sites is 1. The third-order valence-electron chi connectivity index (χ3n) is 4.99. The van der Waals surface area contributed by atoms with Gasteiger partial charge in [0.25, 0.3) is 5.91 Å². The van der Waals surface area contributed by atoms with Crippen molar-refractivity contribution in [2.45, 2.75) is 31.0 Å². The molecular formula is C22H22N2O6S. The molecule has 0 aliphatic carbocycles. The summed E-state index contributed by atoms with van der Waals surface area (Å²) in [5.41, 5.74) is 0.376. The van der Waals surface area contributed by atoms with E-state index in [0.29, 0.717) is 16.7 Å². The molecule has 0 bridgehead atoms. The Morgan fingerprint density at radius 1 is 1.03 bits per heavy atom. The summed E-state index contributed by atoms with van der Waals surface area (Å²) < 4.78 is 38.4. The lowest BCUT2D eigenvalue weighted by molar-refractivity contribution is -0.0440. The molecule has 0 unspecified atom stereocenters. The van der Waals surface area contributed by atoms with E-state index < -0.39 is 15.9 Å². The summed E-state index contributed by atoms with van der Waals surface area (Å²) in [5, 5.41) is 3.01. The van der Waals surface area contributed by atoms with E-state index in [1.165, 1.54) is 28.6 Å². The summed E-state index contributed by atoms with van der Waals surface area (Å²) >= 11 is 0. The Hall–Kier alpha value is -3.01. The van der Waals surface area contributed by atoms with Crippen LogP contribution < -0.4 is 10.7 Å². The number of nitrogens with zero attached hydrogens (tertiary/aromatic N) is 1. The van der Waals surface area contributed by atoms with Gasteiger partial charge in [0.2, 0.25) is 10.0 Å². The summed E-state index contributed by atoms with van der Waals surface area (Å²) in [6.07, 6.45) is -0.373. The summed E-state index contributed by atoms with van der Waals surface area (Å²) in [5.74, 6) is -0.731. The van der Waals surface area contributed by atoms with E-state index in [9.17, 15) is 18.0 Å². The van der Waals surface area contributed by atoms with Gasteiger partial charge in [-0.15, -0.1) is 0 Å². The lowest BCUT2D eigenvalue weighted by Crippen LogP contribution is -2.48. The Balaban J connectivity index is 1.52. The summed E-state index contributed by atoms with van der Waals surface area (Å²) in [6.45, 7) is 4.24. The highest BCUT2D eigenvalue weighted by Crippen LogP contribution is 2.23. The van der Waals surface area contributed by atoms with E-state index >= 15 is 0 Å². The van der Waals surface area contributed by atoms with Gasteiger partial charge in [0.05, 0.1) is 22.5 Å². The Morgan fingerprint density at radius 2 is 1.68 bits per heavy atom. The van der Waals surface area contributed by atoms with Gasteiger partial charge in [-0.2, -0.15) is 4.31 Å². The van der Waals surface area contributed by atoms with Crippen molar-refractivity contribution in [1.82, 2.24) is 4.31 Å². The Bertz CT molecular complexity index is 1270. The Kier molecular flexibility index (Phi) is 5.65. The van der Waals surface area contributed by atoms with E-state index in [0.717, 1.165) is 6.07 Å². The second kappa shape index (κ2) is 8.26. The minimum absolute atomic E-state index is 0.128. The monoisotopic (exact) mass is 442 g/mol. The Morgan fingerprint density at radius 3 is 2.35 bits per heavy atom. The molecule has 1 amide bonds. The van der Waals surface area contributed by atoms with Gasteiger partial charge in [-0.3, -0.25) is 9.59 Å². The molecule has 0 spiro atoms. The van der Waals surface area contributed by atoms with Crippen LogP contribution in [0, 0.1) is 0 Å². The SMILES string of the molecule is C[C@@H]1CN(S(=O)(=O)c2ccc(NC(=O)c3cc(=O)c4ccccc4o3)cc2)C[C@@H](C)O1. The molecule has 3 aromatic rings. The second-order valence-corrected chi connectivity index (χ2v) is 9.47. The molecule has 0 radical (unpaired) electrons. The van der Waals surface area contributed by atoms with Crippen LogP contribution in [0.25, 0.3) is 11.0 Å². The highest BCUT2D eigenvalue weighted by atomic mass is 32.2. The standard InChI is InChI=1S/C22H22N2O6S/c1-14-12-24(13-15(2)29-14)31(27,28)17-9-7-16(8-10-17)23-22(26)21-11-19(25)18-5-3-4-6-20(18)30-21/h3-11,14-15H,12-13H2,1-2H3,(H,23,26)/t14-,15-/m1/s1. The van der Waals surface area contributed by atoms with Gasteiger partial charge in [-0.1, -0.05) is 12.1 Å². The summed E-state index contributed by atoms with van der Waals surface area (Å²) in [4.78, 5) is 24.8. The number of hydrogen-bond donors (Lipinski definition) is 1. The largest absolute Gasteiger partial charge is 0.451 e. The third kappa shape index (κ3) is 4.39. The normalized spacial score (nSPS) is 19.9. The Labute approximate surface area is 179 Å². The number of hydrogen-bond acceptors (Lipinski definition) is 6. The number of carbonyl (C=O) groups is 1. The van der Waals surface area contributed by atoms with E-state index in [2.05, 4.69) is 5.32 Å². The number of rotatable bonds is 4. The van der Waals surface area contributed by atoms with Gasteiger partial charge in [0, 0.05) is 24.8 Å². The first-order valence-electron chi connectivity index (χ1n) is 9.84. The maximum Gasteiger partial charge on any atom is 0.291 e. The number of amides is 1. The van der Waals surface area contributed by atoms with Crippen LogP contribution in [0.4, 0.5) is 5.69 Å². The van der Waals surface area contributed by atoms with Crippen LogP contribution in [0.15, 0.2) is 68.7 Å². The zero-order valence-corrected chi connectivity index (χ0v) is 17.9. The van der Waals surface area contributed by atoms with E-state index in [-0.39, 0.29) is 41.4 Å². The van der Waals surface area contributed by atoms with Crippen molar-refractivity contribution in [3.05, 3.63) is 70.6 Å². The molecule has 4 rings (SSSR count). The number of fused-ring (bicyclic) bond motifs is 1. The first-order valence-corrected chi connectivity index (χ1v) is 11.3. The minimum Gasteiger partial charge on any atom is -0.451 e. The van der Waals surface area contributed by atoms with Crippen LogP contribution in [-0.2, 0) is 14.8 Å². The van der Waals surface area contributed by atoms with Crippen molar-refractivity contribution in [2.24, 2.45) is 0 Å². The number of sulfonamides is 1. The molecule has 31 heavy (non-hydrogen) atoms. The molecule has 1 aliphatic heterocycles. The summed E-state index contributed by atoms with van der Waals surface area (Å²) in [7, 11) is -3.67. The maximum atomic E-state index is 12.9. The lowest BCUT2D eigenvalue weighted by Gasteiger charge is -2.34. The van der Waals surface area contributed by atoms with Crippen LogP contribution in [-0.4, -0.2) is 43.9 Å². The lowest BCUT2D eigenvalue weighted by atomic mass is 10.2. The molecule has 1 fully saturated rings. The fourth-order valence-corrected chi connectivity index (χ4v) is 5.19. The number of nitrogens with one attached hydrogen (secondary N) is 1. The van der Waals surface area contributed by atoms with Crippen molar-refractivity contribution in [3.8, 4) is 0 Å². The smallest absolute Gasteiger partial charge is 0.291 e. The fraction of sp³-hybridized carbons (Fsp3) is 0.273. The second-order valence-electron chi connectivity index (χ2n) is 7.53. The van der Waals surface area contributed by atoms with Crippen LogP contribution in [0.5, 0.6) is 0 Å². The maximum absolute atomic E-state index is 12.9. The minimum atomic E-state index is -3.67. The van der Waals surface area contributed by atoms with Gasteiger partial charge in [0.15, 0.2) is 11.2 Å². The number of ether oxygens (including phenoxy) is 1. The third-order valence-corrected chi connectivity index (χ3v) is 6.84. The predicted octanol–water partition coefficient (Wildman–Crippen LogP) is 2.84. The van der Waals surface area contributed by atoms with Crippen molar-refractivity contribution in [2.75, 3.05) is 18.4 Å². The van der Waals surface area contributed by atoms with Gasteiger partial charge in [-0.25, -0.2) is 8.42 Å². The molecule has 1 N–H and O–H groups in total. The first-order chi connectivity index (χ1) is 14.7. The highest BCUT2D eigenvalue weighted by molar-refractivity contribution is 7.89. The van der Waals surface area contributed by atoms with Crippen molar-refractivity contribution < 1.29 is 22.4 Å². The van der Waals surface area contributed by atoms with Gasteiger partial charge >= 0.3 is 0 Å². The predicted molar refractivity (Wildman–Crippen MR) is 116 cm³/mol. The molecule has 0 saturated carbocycles. The summed E-state index contributed by atoms with van der Waals surface area (Å²) in [6, 6.07) is 13.7. The van der Waals surface area contributed by atoms with Crippen LogP contribution >= 0.6 is 0 Å². The van der Waals surface area contributed by atoms with Crippen molar-refractivity contribution in [1.29, 1.82) is 0 Å². The van der Waals surface area contributed by atoms with Crippen LogP contribution in [0.3, 0.4) is 0 Å². The van der Waals surface area contributed by atoms with Crippen molar-refractivity contribution in [3.63, 3.8) is 0 Å². The van der Waals surface area contributed by atoms with E-state index in [4.69, 9.17) is 9.15 Å².